The van der Waals surface area contributed by atoms with Gasteiger partial charge in [-0.05, 0) is 49.8 Å². The van der Waals surface area contributed by atoms with E-state index >= 15 is 0 Å². The van der Waals surface area contributed by atoms with Crippen LogP contribution in [0.2, 0.25) is 0 Å². The summed E-state index contributed by atoms with van der Waals surface area (Å²) in [4.78, 5) is 0. The Morgan fingerprint density at radius 3 is 2.52 bits per heavy atom. The van der Waals surface area contributed by atoms with Crippen molar-refractivity contribution < 1.29 is 13.5 Å². The van der Waals surface area contributed by atoms with Crippen molar-refractivity contribution in [1.82, 2.24) is 0 Å². The summed E-state index contributed by atoms with van der Waals surface area (Å²) in [5, 5.41) is 0. The average molecular weight is 297 g/mol. The van der Waals surface area contributed by atoms with Crippen LogP contribution in [-0.2, 0) is 11.2 Å². The van der Waals surface area contributed by atoms with Gasteiger partial charge in [0.05, 0.1) is 6.10 Å². The molecule has 2 nitrogen and oxygen atoms in total. The molecule has 0 bridgehead atoms. The highest BCUT2D eigenvalue weighted by Crippen LogP contribution is 2.30. The van der Waals surface area contributed by atoms with Crippen molar-refractivity contribution in [1.29, 1.82) is 0 Å². The zero-order valence-electron chi connectivity index (χ0n) is 12.7. The van der Waals surface area contributed by atoms with Gasteiger partial charge in [0.1, 0.15) is 0 Å². The topological polar surface area (TPSA) is 35.2 Å². The van der Waals surface area contributed by atoms with E-state index in [1.54, 1.807) is 6.07 Å². The maximum atomic E-state index is 13.3. The molecule has 0 aliphatic heterocycles. The summed E-state index contributed by atoms with van der Waals surface area (Å²) in [5.41, 5.74) is 7.04. The highest BCUT2D eigenvalue weighted by Gasteiger charge is 2.29. The van der Waals surface area contributed by atoms with Gasteiger partial charge in [-0.1, -0.05) is 25.3 Å². The lowest BCUT2D eigenvalue weighted by Gasteiger charge is -2.34. The van der Waals surface area contributed by atoms with E-state index < -0.39 is 11.6 Å². The Morgan fingerprint density at radius 1 is 1.19 bits per heavy atom. The molecule has 0 saturated heterocycles. The van der Waals surface area contributed by atoms with Gasteiger partial charge in [0.15, 0.2) is 11.6 Å². The zero-order chi connectivity index (χ0) is 15.2. The van der Waals surface area contributed by atoms with Gasteiger partial charge in [0.25, 0.3) is 0 Å². The number of benzene rings is 1. The van der Waals surface area contributed by atoms with Crippen LogP contribution in [0.1, 0.15) is 44.6 Å². The molecule has 2 N–H and O–H groups in total. The average Bonchev–Trinajstić information content (AvgIpc) is 2.49. The third kappa shape index (κ3) is 4.48. The lowest BCUT2D eigenvalue weighted by Crippen LogP contribution is -2.44. The van der Waals surface area contributed by atoms with Gasteiger partial charge in [-0.2, -0.15) is 0 Å². The first-order valence-corrected chi connectivity index (χ1v) is 7.93. The Labute approximate surface area is 125 Å². The van der Waals surface area contributed by atoms with Crippen LogP contribution >= 0.6 is 0 Å². The molecule has 1 aliphatic rings. The van der Waals surface area contributed by atoms with Gasteiger partial charge in [0, 0.05) is 12.6 Å². The second-order valence-corrected chi connectivity index (χ2v) is 5.93. The van der Waals surface area contributed by atoms with Gasteiger partial charge < -0.3 is 10.5 Å². The Kier molecular flexibility index (Phi) is 6.12. The SMILES string of the molecule is CCOC(C(N)Cc1ccc(F)c(F)c1)C1CCCCC1. The maximum absolute atomic E-state index is 13.3. The summed E-state index contributed by atoms with van der Waals surface area (Å²) in [5.74, 6) is -1.15. The van der Waals surface area contributed by atoms with Gasteiger partial charge >= 0.3 is 0 Å². The minimum Gasteiger partial charge on any atom is -0.377 e. The monoisotopic (exact) mass is 297 g/mol. The molecule has 1 aliphatic carbocycles. The molecule has 1 aromatic carbocycles. The molecule has 1 aromatic rings. The molecule has 2 rings (SSSR count). The Hall–Kier alpha value is -1.00. The van der Waals surface area contributed by atoms with Crippen molar-refractivity contribution in [2.75, 3.05) is 6.61 Å². The van der Waals surface area contributed by atoms with Crippen molar-refractivity contribution in [2.45, 2.75) is 57.6 Å². The second-order valence-electron chi connectivity index (χ2n) is 5.93. The van der Waals surface area contributed by atoms with E-state index in [-0.39, 0.29) is 12.1 Å². The first-order valence-electron chi connectivity index (χ1n) is 7.93. The lowest BCUT2D eigenvalue weighted by molar-refractivity contribution is -0.00913. The number of rotatable bonds is 6. The highest BCUT2D eigenvalue weighted by molar-refractivity contribution is 5.19. The van der Waals surface area contributed by atoms with Crippen LogP contribution in [0, 0.1) is 17.6 Å². The van der Waals surface area contributed by atoms with Crippen molar-refractivity contribution in [3.8, 4) is 0 Å². The Balaban J connectivity index is 2.02. The lowest BCUT2D eigenvalue weighted by atomic mass is 9.81. The van der Waals surface area contributed by atoms with Crippen LogP contribution in [-0.4, -0.2) is 18.8 Å². The van der Waals surface area contributed by atoms with E-state index in [4.69, 9.17) is 10.5 Å². The number of halogens is 2. The zero-order valence-corrected chi connectivity index (χ0v) is 12.7. The normalized spacial score (nSPS) is 19.4. The van der Waals surface area contributed by atoms with Crippen LogP contribution < -0.4 is 5.73 Å². The van der Waals surface area contributed by atoms with Crippen LogP contribution in [0.5, 0.6) is 0 Å². The van der Waals surface area contributed by atoms with E-state index in [0.717, 1.165) is 24.5 Å². The molecule has 4 heteroatoms. The number of ether oxygens (including phenoxy) is 1. The number of nitrogens with two attached hydrogens (primary N) is 1. The molecular formula is C17H25F2NO. The Morgan fingerprint density at radius 2 is 1.90 bits per heavy atom. The molecule has 1 fully saturated rings. The summed E-state index contributed by atoms with van der Waals surface area (Å²) in [6.07, 6.45) is 6.56. The summed E-state index contributed by atoms with van der Waals surface area (Å²) in [6, 6.07) is 3.81. The van der Waals surface area contributed by atoms with E-state index in [0.29, 0.717) is 18.9 Å². The summed E-state index contributed by atoms with van der Waals surface area (Å²) in [7, 11) is 0. The van der Waals surface area contributed by atoms with Crippen LogP contribution in [0.25, 0.3) is 0 Å². The largest absolute Gasteiger partial charge is 0.377 e. The van der Waals surface area contributed by atoms with Crippen molar-refractivity contribution in [3.63, 3.8) is 0 Å². The molecule has 2 atom stereocenters. The predicted octanol–water partition coefficient (Wildman–Crippen LogP) is 3.82. The second kappa shape index (κ2) is 7.85. The number of hydrogen-bond donors (Lipinski definition) is 1. The molecule has 21 heavy (non-hydrogen) atoms. The summed E-state index contributed by atoms with van der Waals surface area (Å²) < 4.78 is 32.1. The minimum atomic E-state index is -0.819. The maximum Gasteiger partial charge on any atom is 0.159 e. The smallest absolute Gasteiger partial charge is 0.159 e. The van der Waals surface area contributed by atoms with Gasteiger partial charge in [0.2, 0.25) is 0 Å². The van der Waals surface area contributed by atoms with E-state index in [9.17, 15) is 8.78 Å². The molecule has 0 aromatic heterocycles. The molecule has 118 valence electrons. The molecule has 0 amide bonds. The van der Waals surface area contributed by atoms with Crippen molar-refractivity contribution >= 4 is 0 Å². The first kappa shape index (κ1) is 16.4. The fourth-order valence-electron chi connectivity index (χ4n) is 3.32. The Bertz CT molecular complexity index is 446. The third-order valence-corrected chi connectivity index (χ3v) is 4.35. The van der Waals surface area contributed by atoms with Gasteiger partial charge in [-0.3, -0.25) is 0 Å². The van der Waals surface area contributed by atoms with Crippen molar-refractivity contribution in [2.24, 2.45) is 11.7 Å². The highest BCUT2D eigenvalue weighted by atomic mass is 19.2. The minimum absolute atomic E-state index is 0.00316. The van der Waals surface area contributed by atoms with E-state index in [1.807, 2.05) is 6.92 Å². The van der Waals surface area contributed by atoms with Crippen LogP contribution in [0.3, 0.4) is 0 Å². The molecule has 0 heterocycles. The first-order chi connectivity index (χ1) is 10.1. The standard InChI is InChI=1S/C17H25F2NO/c1-2-21-17(13-6-4-3-5-7-13)16(20)11-12-8-9-14(18)15(19)10-12/h8-10,13,16-17H,2-7,11,20H2,1H3. The van der Waals surface area contributed by atoms with Gasteiger partial charge in [-0.15, -0.1) is 0 Å². The van der Waals surface area contributed by atoms with Gasteiger partial charge in [-0.25, -0.2) is 8.78 Å². The van der Waals surface area contributed by atoms with Crippen LogP contribution in [0.15, 0.2) is 18.2 Å². The predicted molar refractivity (Wildman–Crippen MR) is 80.0 cm³/mol. The fraction of sp³-hybridized carbons (Fsp3) is 0.647. The molecule has 0 spiro atoms. The summed E-state index contributed by atoms with van der Waals surface area (Å²) in [6.45, 7) is 2.60. The quantitative estimate of drug-likeness (QED) is 0.866. The third-order valence-electron chi connectivity index (χ3n) is 4.35. The van der Waals surface area contributed by atoms with E-state index in [1.165, 1.54) is 25.3 Å². The van der Waals surface area contributed by atoms with Crippen LogP contribution in [0.4, 0.5) is 8.78 Å². The molecule has 1 saturated carbocycles. The van der Waals surface area contributed by atoms with E-state index in [2.05, 4.69) is 0 Å². The fourth-order valence-corrected chi connectivity index (χ4v) is 3.32. The molecular weight excluding hydrogens is 272 g/mol. The molecule has 2 unspecified atom stereocenters. The van der Waals surface area contributed by atoms with Crippen molar-refractivity contribution in [3.05, 3.63) is 35.4 Å². The summed E-state index contributed by atoms with van der Waals surface area (Å²) >= 11 is 0. The number of hydrogen-bond acceptors (Lipinski definition) is 2. The molecule has 0 radical (unpaired) electrons.